The minimum absolute atomic E-state index is 0.0890. The molecule has 0 saturated heterocycles. The number of nitriles is 1. The molecule has 36 heavy (non-hydrogen) atoms. The van der Waals surface area contributed by atoms with Crippen molar-refractivity contribution < 1.29 is 28.7 Å². The number of benzene rings is 3. The molecule has 3 rings (SSSR count). The number of nitrogens with zero attached hydrogens (tertiary/aromatic N) is 2. The molecule has 0 saturated carbocycles. The van der Waals surface area contributed by atoms with Gasteiger partial charge in [0.25, 0.3) is 11.6 Å². The van der Waals surface area contributed by atoms with E-state index in [9.17, 15) is 25.0 Å². The van der Waals surface area contributed by atoms with Gasteiger partial charge in [-0.2, -0.15) is 5.26 Å². The molecular formula is C25H18ClN3O7. The Hall–Kier alpha value is -4.88. The first-order valence-electron chi connectivity index (χ1n) is 10.2. The number of halogens is 1. The summed E-state index contributed by atoms with van der Waals surface area (Å²) in [6, 6.07) is 16.3. The molecule has 0 aliphatic carbocycles. The average molecular weight is 508 g/mol. The van der Waals surface area contributed by atoms with Gasteiger partial charge in [-0.1, -0.05) is 17.7 Å². The number of nitro benzene ring substituents is 1. The number of nitro groups is 1. The summed E-state index contributed by atoms with van der Waals surface area (Å²) in [5, 5.41) is 22.9. The third-order valence-corrected chi connectivity index (χ3v) is 5.11. The van der Waals surface area contributed by atoms with Crippen LogP contribution in [-0.2, 0) is 4.79 Å². The van der Waals surface area contributed by atoms with Crippen LogP contribution < -0.4 is 19.5 Å². The molecule has 0 heterocycles. The number of carbonyl (C=O) groups excluding carboxylic acids is 2. The summed E-state index contributed by atoms with van der Waals surface area (Å²) in [5.41, 5.74) is 0.132. The molecule has 0 aliphatic heterocycles. The van der Waals surface area contributed by atoms with Crippen LogP contribution in [0, 0.1) is 21.4 Å². The first-order chi connectivity index (χ1) is 17.2. The van der Waals surface area contributed by atoms with Gasteiger partial charge >= 0.3 is 5.97 Å². The van der Waals surface area contributed by atoms with Gasteiger partial charge in [-0.15, -0.1) is 0 Å². The highest BCUT2D eigenvalue weighted by atomic mass is 35.5. The number of carbonyl (C=O) groups is 2. The molecule has 0 fully saturated rings. The van der Waals surface area contributed by atoms with E-state index in [0.29, 0.717) is 16.9 Å². The standard InChI is InChI=1S/C25H18ClN3O7/c1-34-19-7-4-16(5-8-19)25(31)36-22-10-3-15(12-23(22)35-2)11-17(14-27)24(30)28-18-6-9-20(26)21(13-18)29(32)33/h3-13H,1-2H3,(H,28,30)/b17-11+. The van der Waals surface area contributed by atoms with E-state index in [1.807, 2.05) is 0 Å². The molecule has 0 unspecified atom stereocenters. The number of anilines is 1. The van der Waals surface area contributed by atoms with E-state index in [1.54, 1.807) is 30.3 Å². The van der Waals surface area contributed by atoms with Crippen LogP contribution in [0.4, 0.5) is 11.4 Å². The monoisotopic (exact) mass is 507 g/mol. The lowest BCUT2D eigenvalue weighted by atomic mass is 10.1. The summed E-state index contributed by atoms with van der Waals surface area (Å²) in [6.45, 7) is 0. The second kappa shape index (κ2) is 11.5. The maximum absolute atomic E-state index is 12.6. The van der Waals surface area contributed by atoms with Gasteiger partial charge in [-0.25, -0.2) is 4.79 Å². The molecule has 0 spiro atoms. The van der Waals surface area contributed by atoms with E-state index in [0.717, 1.165) is 6.07 Å². The predicted octanol–water partition coefficient (Wildman–Crippen LogP) is 5.03. The van der Waals surface area contributed by atoms with Gasteiger partial charge in [0.15, 0.2) is 11.5 Å². The molecule has 182 valence electrons. The quantitative estimate of drug-likeness (QED) is 0.112. The summed E-state index contributed by atoms with van der Waals surface area (Å²) in [6.07, 6.45) is 1.29. The predicted molar refractivity (Wildman–Crippen MR) is 131 cm³/mol. The Kier molecular flexibility index (Phi) is 8.22. The average Bonchev–Trinajstić information content (AvgIpc) is 2.88. The zero-order valence-corrected chi connectivity index (χ0v) is 19.7. The van der Waals surface area contributed by atoms with Crippen LogP contribution >= 0.6 is 11.6 Å². The SMILES string of the molecule is COc1ccc(C(=O)Oc2ccc(/C=C(\C#N)C(=O)Nc3ccc(Cl)c([N+](=O)[O-])c3)cc2OC)cc1. The van der Waals surface area contributed by atoms with E-state index in [-0.39, 0.29) is 33.5 Å². The molecule has 0 atom stereocenters. The van der Waals surface area contributed by atoms with Crippen molar-refractivity contribution in [3.05, 3.63) is 92.5 Å². The molecule has 1 N–H and O–H groups in total. The maximum Gasteiger partial charge on any atom is 0.343 e. The smallest absolute Gasteiger partial charge is 0.343 e. The Morgan fingerprint density at radius 2 is 1.75 bits per heavy atom. The molecule has 0 aromatic heterocycles. The minimum Gasteiger partial charge on any atom is -0.497 e. The number of methoxy groups -OCH3 is 2. The number of amides is 1. The normalized spacial score (nSPS) is 10.7. The van der Waals surface area contributed by atoms with Crippen molar-refractivity contribution in [3.63, 3.8) is 0 Å². The summed E-state index contributed by atoms with van der Waals surface area (Å²) in [4.78, 5) is 35.4. The second-order valence-corrected chi connectivity index (χ2v) is 7.48. The molecule has 1 amide bonds. The van der Waals surface area contributed by atoms with Crippen LogP contribution in [0.25, 0.3) is 6.08 Å². The summed E-state index contributed by atoms with van der Waals surface area (Å²) < 4.78 is 15.8. The van der Waals surface area contributed by atoms with Crippen molar-refractivity contribution in [1.82, 2.24) is 0 Å². The lowest BCUT2D eigenvalue weighted by Crippen LogP contribution is -2.13. The van der Waals surface area contributed by atoms with Crippen LogP contribution in [0.3, 0.4) is 0 Å². The van der Waals surface area contributed by atoms with Crippen molar-refractivity contribution in [2.45, 2.75) is 0 Å². The number of esters is 1. The van der Waals surface area contributed by atoms with E-state index < -0.39 is 16.8 Å². The Balaban J connectivity index is 1.79. The number of ether oxygens (including phenoxy) is 3. The number of hydrogen-bond acceptors (Lipinski definition) is 8. The Morgan fingerprint density at radius 3 is 2.36 bits per heavy atom. The van der Waals surface area contributed by atoms with E-state index in [2.05, 4.69) is 5.32 Å². The van der Waals surface area contributed by atoms with Gasteiger partial charge in [0.2, 0.25) is 0 Å². The van der Waals surface area contributed by atoms with Gasteiger partial charge in [0, 0.05) is 11.8 Å². The van der Waals surface area contributed by atoms with Gasteiger partial charge < -0.3 is 19.5 Å². The van der Waals surface area contributed by atoms with Gasteiger partial charge in [0.05, 0.1) is 24.7 Å². The van der Waals surface area contributed by atoms with Crippen molar-refractivity contribution >= 4 is 40.9 Å². The van der Waals surface area contributed by atoms with Gasteiger partial charge in [-0.05, 0) is 60.2 Å². The summed E-state index contributed by atoms with van der Waals surface area (Å²) in [7, 11) is 2.89. The Labute approximate surface area is 210 Å². The molecule has 11 heteroatoms. The first kappa shape index (κ1) is 25.7. The molecule has 3 aromatic rings. The fourth-order valence-corrected chi connectivity index (χ4v) is 3.17. The number of hydrogen-bond donors (Lipinski definition) is 1. The Bertz CT molecular complexity index is 1400. The van der Waals surface area contributed by atoms with Crippen LogP contribution in [0.15, 0.2) is 66.2 Å². The number of rotatable bonds is 8. The van der Waals surface area contributed by atoms with Gasteiger partial charge in [0.1, 0.15) is 22.4 Å². The van der Waals surface area contributed by atoms with Crippen LogP contribution in [0.1, 0.15) is 15.9 Å². The first-order valence-corrected chi connectivity index (χ1v) is 10.5. The number of nitrogens with one attached hydrogen (secondary N) is 1. The third-order valence-electron chi connectivity index (χ3n) is 4.79. The second-order valence-electron chi connectivity index (χ2n) is 7.08. The zero-order valence-electron chi connectivity index (χ0n) is 19.0. The topological polar surface area (TPSA) is 141 Å². The van der Waals surface area contributed by atoms with E-state index in [1.165, 1.54) is 50.6 Å². The van der Waals surface area contributed by atoms with Crippen molar-refractivity contribution in [3.8, 4) is 23.3 Å². The molecule has 10 nitrogen and oxygen atoms in total. The van der Waals surface area contributed by atoms with Crippen molar-refractivity contribution in [1.29, 1.82) is 5.26 Å². The fraction of sp³-hybridized carbons (Fsp3) is 0.0800. The molecule has 0 radical (unpaired) electrons. The maximum atomic E-state index is 12.6. The minimum atomic E-state index is -0.789. The van der Waals surface area contributed by atoms with Crippen molar-refractivity contribution in [2.24, 2.45) is 0 Å². The third kappa shape index (κ3) is 6.16. The highest BCUT2D eigenvalue weighted by Gasteiger charge is 2.17. The molecule has 0 bridgehead atoms. The van der Waals surface area contributed by atoms with Crippen molar-refractivity contribution in [2.75, 3.05) is 19.5 Å². The zero-order chi connectivity index (χ0) is 26.2. The highest BCUT2D eigenvalue weighted by Crippen LogP contribution is 2.30. The molecular weight excluding hydrogens is 490 g/mol. The largest absolute Gasteiger partial charge is 0.497 e. The van der Waals surface area contributed by atoms with E-state index in [4.69, 9.17) is 25.8 Å². The Morgan fingerprint density at radius 1 is 1.03 bits per heavy atom. The van der Waals surface area contributed by atoms with Crippen LogP contribution in [0.5, 0.6) is 17.2 Å². The van der Waals surface area contributed by atoms with Crippen LogP contribution in [-0.4, -0.2) is 31.0 Å². The lowest BCUT2D eigenvalue weighted by molar-refractivity contribution is -0.384. The fourth-order valence-electron chi connectivity index (χ4n) is 2.99. The molecule has 3 aromatic carbocycles. The van der Waals surface area contributed by atoms with Crippen LogP contribution in [0.2, 0.25) is 5.02 Å². The van der Waals surface area contributed by atoms with Gasteiger partial charge in [-0.3, -0.25) is 14.9 Å². The summed E-state index contributed by atoms with van der Waals surface area (Å²) >= 11 is 5.78. The summed E-state index contributed by atoms with van der Waals surface area (Å²) in [5.74, 6) is -0.494. The lowest BCUT2D eigenvalue weighted by Gasteiger charge is -2.10. The highest BCUT2D eigenvalue weighted by molar-refractivity contribution is 6.32. The van der Waals surface area contributed by atoms with E-state index >= 15 is 0 Å². The molecule has 0 aliphatic rings.